The predicted molar refractivity (Wildman–Crippen MR) is 49.5 cm³/mol. The maximum Gasteiger partial charge on any atom is 0.234 e. The zero-order valence-corrected chi connectivity index (χ0v) is 8.18. The predicted octanol–water partition coefficient (Wildman–Crippen LogP) is 2.03. The van der Waals surface area contributed by atoms with E-state index in [-0.39, 0.29) is 5.91 Å². The van der Waals surface area contributed by atoms with Gasteiger partial charge in [0, 0.05) is 12.0 Å². The minimum atomic E-state index is -0.0262. The molecule has 0 spiro atoms. The Kier molecular flexibility index (Phi) is 3.06. The topological polar surface area (TPSA) is 55.1 Å². The molecule has 0 atom stereocenters. The third-order valence-corrected chi connectivity index (χ3v) is 1.89. The quantitative estimate of drug-likeness (QED) is 0.778. The molecule has 0 unspecified atom stereocenters. The number of amides is 1. The number of aromatic nitrogens is 1. The van der Waals surface area contributed by atoms with Gasteiger partial charge in [0.25, 0.3) is 0 Å². The van der Waals surface area contributed by atoms with Crippen LogP contribution in [0.15, 0.2) is 4.52 Å². The monoisotopic (exact) mass is 182 g/mol. The molecular formula is C9H14N2O2. The average Bonchev–Trinajstić information content (AvgIpc) is 2.37. The van der Waals surface area contributed by atoms with Crippen molar-refractivity contribution in [3.05, 3.63) is 11.3 Å². The van der Waals surface area contributed by atoms with Gasteiger partial charge in [0.05, 0.1) is 5.69 Å². The number of nitrogens with zero attached hydrogens (tertiary/aromatic N) is 1. The number of aryl methyl sites for hydroxylation is 1. The Morgan fingerprint density at radius 3 is 2.69 bits per heavy atom. The molecule has 1 heterocycles. The van der Waals surface area contributed by atoms with Crippen LogP contribution in [0.1, 0.15) is 31.0 Å². The lowest BCUT2D eigenvalue weighted by molar-refractivity contribution is -0.116. The van der Waals surface area contributed by atoms with Gasteiger partial charge in [-0.25, -0.2) is 0 Å². The summed E-state index contributed by atoms with van der Waals surface area (Å²) in [7, 11) is 0. The summed E-state index contributed by atoms with van der Waals surface area (Å²) in [6.07, 6.45) is 1.34. The van der Waals surface area contributed by atoms with E-state index in [2.05, 4.69) is 10.5 Å². The third kappa shape index (κ3) is 2.31. The van der Waals surface area contributed by atoms with Crippen LogP contribution < -0.4 is 5.32 Å². The molecule has 1 N–H and O–H groups in total. The molecule has 0 aliphatic rings. The highest BCUT2D eigenvalue weighted by molar-refractivity contribution is 5.89. The van der Waals surface area contributed by atoms with Crippen LogP contribution in [0.25, 0.3) is 0 Å². The van der Waals surface area contributed by atoms with Gasteiger partial charge in [-0.1, -0.05) is 12.1 Å². The van der Waals surface area contributed by atoms with Gasteiger partial charge < -0.3 is 4.52 Å². The Labute approximate surface area is 77.3 Å². The first-order chi connectivity index (χ1) is 6.15. The number of hydrogen-bond acceptors (Lipinski definition) is 3. The molecule has 0 bridgehead atoms. The number of carbonyl (C=O) groups excluding carboxylic acids is 1. The highest BCUT2D eigenvalue weighted by Crippen LogP contribution is 2.17. The maximum atomic E-state index is 11.2. The van der Waals surface area contributed by atoms with Crippen molar-refractivity contribution in [2.24, 2.45) is 0 Å². The van der Waals surface area contributed by atoms with E-state index in [0.717, 1.165) is 17.7 Å². The SMILES string of the molecule is CCCC(=O)Nc1onc(C)c1C. The van der Waals surface area contributed by atoms with E-state index in [1.165, 1.54) is 0 Å². The molecule has 0 aliphatic heterocycles. The van der Waals surface area contributed by atoms with Crippen LogP contribution in [-0.2, 0) is 4.79 Å². The molecule has 4 nitrogen and oxygen atoms in total. The van der Waals surface area contributed by atoms with Gasteiger partial charge >= 0.3 is 0 Å². The lowest BCUT2D eigenvalue weighted by Crippen LogP contribution is -2.10. The van der Waals surface area contributed by atoms with Gasteiger partial charge in [0.2, 0.25) is 11.8 Å². The fraction of sp³-hybridized carbons (Fsp3) is 0.556. The fourth-order valence-corrected chi connectivity index (χ4v) is 0.948. The second-order valence-electron chi connectivity index (χ2n) is 3.02. The second kappa shape index (κ2) is 4.07. The second-order valence-corrected chi connectivity index (χ2v) is 3.02. The number of rotatable bonds is 3. The Balaban J connectivity index is 2.64. The summed E-state index contributed by atoms with van der Waals surface area (Å²) in [6, 6.07) is 0. The van der Waals surface area contributed by atoms with Gasteiger partial charge in [0.15, 0.2) is 0 Å². The fourth-order valence-electron chi connectivity index (χ4n) is 0.948. The van der Waals surface area contributed by atoms with Crippen LogP contribution in [0.5, 0.6) is 0 Å². The molecule has 0 aliphatic carbocycles. The molecule has 1 aromatic heterocycles. The zero-order chi connectivity index (χ0) is 9.84. The molecule has 0 saturated carbocycles. The van der Waals surface area contributed by atoms with Gasteiger partial charge in [0.1, 0.15) is 0 Å². The van der Waals surface area contributed by atoms with Crippen molar-refractivity contribution in [3.63, 3.8) is 0 Å². The number of hydrogen-bond donors (Lipinski definition) is 1. The van der Waals surface area contributed by atoms with E-state index in [0.29, 0.717) is 12.3 Å². The van der Waals surface area contributed by atoms with Crippen LogP contribution in [0.2, 0.25) is 0 Å². The highest BCUT2D eigenvalue weighted by atomic mass is 16.5. The van der Waals surface area contributed by atoms with Gasteiger partial charge in [-0.3, -0.25) is 10.1 Å². The Bertz CT molecular complexity index is 305. The maximum absolute atomic E-state index is 11.2. The Hall–Kier alpha value is -1.32. The van der Waals surface area contributed by atoms with Crippen LogP contribution in [0.3, 0.4) is 0 Å². The summed E-state index contributed by atoms with van der Waals surface area (Å²) in [5, 5.41) is 6.40. The first kappa shape index (κ1) is 9.77. The first-order valence-corrected chi connectivity index (χ1v) is 4.38. The molecule has 72 valence electrons. The van der Waals surface area contributed by atoms with Gasteiger partial charge in [-0.2, -0.15) is 0 Å². The molecular weight excluding hydrogens is 168 g/mol. The lowest BCUT2D eigenvalue weighted by Gasteiger charge is -1.99. The Morgan fingerprint density at radius 1 is 1.54 bits per heavy atom. The summed E-state index contributed by atoms with van der Waals surface area (Å²) in [4.78, 5) is 11.2. The minimum absolute atomic E-state index is 0.0262. The van der Waals surface area contributed by atoms with E-state index >= 15 is 0 Å². The van der Waals surface area contributed by atoms with Gasteiger partial charge in [-0.15, -0.1) is 0 Å². The molecule has 0 aromatic carbocycles. The molecule has 13 heavy (non-hydrogen) atoms. The minimum Gasteiger partial charge on any atom is -0.338 e. The van der Waals surface area contributed by atoms with Crippen LogP contribution in [0.4, 0.5) is 5.88 Å². The summed E-state index contributed by atoms with van der Waals surface area (Å²) >= 11 is 0. The normalized spacial score (nSPS) is 10.1. The average molecular weight is 182 g/mol. The van der Waals surface area contributed by atoms with Gasteiger partial charge in [-0.05, 0) is 20.3 Å². The lowest BCUT2D eigenvalue weighted by atomic mass is 10.2. The van der Waals surface area contributed by atoms with E-state index in [9.17, 15) is 4.79 Å². The number of nitrogens with one attached hydrogen (secondary N) is 1. The molecule has 0 saturated heterocycles. The Morgan fingerprint density at radius 2 is 2.23 bits per heavy atom. The zero-order valence-electron chi connectivity index (χ0n) is 8.18. The van der Waals surface area contributed by atoms with Crippen molar-refractivity contribution in [1.29, 1.82) is 0 Å². The van der Waals surface area contributed by atoms with Crippen molar-refractivity contribution < 1.29 is 9.32 Å². The third-order valence-electron chi connectivity index (χ3n) is 1.89. The molecule has 1 aromatic rings. The van der Waals surface area contributed by atoms with Crippen LogP contribution in [0, 0.1) is 13.8 Å². The smallest absolute Gasteiger partial charge is 0.234 e. The highest BCUT2D eigenvalue weighted by Gasteiger charge is 2.10. The van der Waals surface area contributed by atoms with Crippen LogP contribution >= 0.6 is 0 Å². The summed E-state index contributed by atoms with van der Waals surface area (Å²) < 4.78 is 4.93. The van der Waals surface area contributed by atoms with Crippen molar-refractivity contribution in [3.8, 4) is 0 Å². The van der Waals surface area contributed by atoms with Crippen molar-refractivity contribution >= 4 is 11.8 Å². The van der Waals surface area contributed by atoms with Crippen molar-refractivity contribution in [2.45, 2.75) is 33.6 Å². The van der Waals surface area contributed by atoms with E-state index < -0.39 is 0 Å². The molecule has 0 radical (unpaired) electrons. The molecule has 1 rings (SSSR count). The summed E-state index contributed by atoms with van der Waals surface area (Å²) in [6.45, 7) is 5.67. The molecule has 1 amide bonds. The van der Waals surface area contributed by atoms with Crippen molar-refractivity contribution in [2.75, 3.05) is 5.32 Å². The van der Waals surface area contributed by atoms with E-state index in [1.807, 2.05) is 20.8 Å². The largest absolute Gasteiger partial charge is 0.338 e. The van der Waals surface area contributed by atoms with E-state index in [4.69, 9.17) is 4.52 Å². The number of anilines is 1. The standard InChI is InChI=1S/C9H14N2O2/c1-4-5-8(12)10-9-6(2)7(3)11-13-9/h4-5H2,1-3H3,(H,10,12). The molecule has 4 heteroatoms. The summed E-state index contributed by atoms with van der Waals surface area (Å²) in [5.41, 5.74) is 1.70. The molecule has 0 fully saturated rings. The number of carbonyl (C=O) groups is 1. The van der Waals surface area contributed by atoms with Crippen LogP contribution in [-0.4, -0.2) is 11.1 Å². The summed E-state index contributed by atoms with van der Waals surface area (Å²) in [5.74, 6) is 0.442. The van der Waals surface area contributed by atoms with Crippen molar-refractivity contribution in [1.82, 2.24) is 5.16 Å². The van der Waals surface area contributed by atoms with E-state index in [1.54, 1.807) is 0 Å². The first-order valence-electron chi connectivity index (χ1n) is 4.38.